The van der Waals surface area contributed by atoms with Gasteiger partial charge in [0.15, 0.2) is 5.96 Å². The smallest absolute Gasteiger partial charge is 0.317 e. The van der Waals surface area contributed by atoms with E-state index < -0.39 is 10.2 Å². The van der Waals surface area contributed by atoms with Gasteiger partial charge in [0.05, 0.1) is 6.21 Å². The highest BCUT2D eigenvalue weighted by Gasteiger charge is 2.13. The molecule has 0 saturated heterocycles. The van der Waals surface area contributed by atoms with E-state index in [1.165, 1.54) is 23.6 Å². The summed E-state index contributed by atoms with van der Waals surface area (Å²) in [6, 6.07) is 1.50. The minimum Gasteiger partial charge on any atom is -0.398 e. The SMILES string of the molecule is NC(N)=Nc1nc(-c2nccc(N)c2C=NS(N)(=O)=O)cs1. The van der Waals surface area contributed by atoms with E-state index in [0.29, 0.717) is 16.5 Å². The van der Waals surface area contributed by atoms with Gasteiger partial charge in [-0.2, -0.15) is 17.8 Å². The lowest BCUT2D eigenvalue weighted by Crippen LogP contribution is -2.21. The fourth-order valence-corrected chi connectivity index (χ4v) is 2.43. The molecule has 2 aromatic heterocycles. The number of guanidine groups is 1. The van der Waals surface area contributed by atoms with Crippen LogP contribution in [0.2, 0.25) is 0 Å². The van der Waals surface area contributed by atoms with E-state index >= 15 is 0 Å². The Hall–Kier alpha value is -2.57. The Bertz CT molecular complexity index is 852. The van der Waals surface area contributed by atoms with E-state index in [0.717, 1.165) is 6.21 Å². The van der Waals surface area contributed by atoms with Crippen LogP contribution < -0.4 is 22.3 Å². The van der Waals surface area contributed by atoms with Crippen LogP contribution in [0.3, 0.4) is 0 Å². The zero-order valence-corrected chi connectivity index (χ0v) is 12.7. The zero-order chi connectivity index (χ0) is 16.3. The summed E-state index contributed by atoms with van der Waals surface area (Å²) < 4.78 is 25.1. The number of pyridine rings is 1. The average molecular weight is 340 g/mol. The summed E-state index contributed by atoms with van der Waals surface area (Å²) in [5.41, 5.74) is 17.7. The lowest BCUT2D eigenvalue weighted by Gasteiger charge is -2.04. The Morgan fingerprint density at radius 3 is 2.73 bits per heavy atom. The molecule has 0 unspecified atom stereocenters. The van der Waals surface area contributed by atoms with E-state index in [1.54, 1.807) is 5.38 Å². The van der Waals surface area contributed by atoms with Gasteiger partial charge in [-0.3, -0.25) is 4.98 Å². The van der Waals surface area contributed by atoms with Crippen LogP contribution in [0.4, 0.5) is 10.8 Å². The molecule has 2 heterocycles. The van der Waals surface area contributed by atoms with Gasteiger partial charge in [-0.05, 0) is 6.07 Å². The first kappa shape index (κ1) is 15.8. The monoisotopic (exact) mass is 340 g/mol. The molecule has 0 aromatic carbocycles. The van der Waals surface area contributed by atoms with Crippen molar-refractivity contribution < 1.29 is 8.42 Å². The normalized spacial score (nSPS) is 11.7. The van der Waals surface area contributed by atoms with E-state index in [-0.39, 0.29) is 17.2 Å². The van der Waals surface area contributed by atoms with E-state index in [9.17, 15) is 8.42 Å². The second-order valence-electron chi connectivity index (χ2n) is 3.96. The molecule has 0 saturated carbocycles. The number of nitrogens with two attached hydrogens (primary N) is 4. The molecule has 10 nitrogen and oxygen atoms in total. The maximum absolute atomic E-state index is 10.9. The summed E-state index contributed by atoms with van der Waals surface area (Å²) in [6.45, 7) is 0. The van der Waals surface area contributed by atoms with Gasteiger partial charge >= 0.3 is 10.2 Å². The minimum absolute atomic E-state index is 0.127. The first-order valence-electron chi connectivity index (χ1n) is 5.64. The van der Waals surface area contributed by atoms with Crippen LogP contribution in [0.1, 0.15) is 5.56 Å². The predicted molar refractivity (Wildman–Crippen MR) is 85.9 cm³/mol. The summed E-state index contributed by atoms with van der Waals surface area (Å²) >= 11 is 1.18. The topological polar surface area (TPSA) is 189 Å². The second-order valence-corrected chi connectivity index (χ2v) is 6.04. The lowest BCUT2D eigenvalue weighted by atomic mass is 10.1. The fourth-order valence-electron chi connectivity index (χ4n) is 1.49. The molecule has 0 radical (unpaired) electrons. The van der Waals surface area contributed by atoms with Crippen molar-refractivity contribution in [3.8, 4) is 11.4 Å². The highest BCUT2D eigenvalue weighted by Crippen LogP contribution is 2.29. The molecule has 0 aliphatic heterocycles. The van der Waals surface area contributed by atoms with E-state index in [2.05, 4.69) is 19.4 Å². The molecule has 0 atom stereocenters. The molecule has 0 amide bonds. The third-order valence-electron chi connectivity index (χ3n) is 2.31. The van der Waals surface area contributed by atoms with Gasteiger partial charge in [-0.15, -0.1) is 11.3 Å². The van der Waals surface area contributed by atoms with Crippen molar-refractivity contribution in [2.24, 2.45) is 26.0 Å². The molecule has 0 aliphatic carbocycles. The number of hydrogen-bond donors (Lipinski definition) is 4. The number of anilines is 1. The summed E-state index contributed by atoms with van der Waals surface area (Å²) in [4.78, 5) is 12.1. The number of hydrogen-bond acceptors (Lipinski definition) is 7. The number of nitrogen functional groups attached to an aromatic ring is 1. The van der Waals surface area contributed by atoms with Crippen molar-refractivity contribution in [3.63, 3.8) is 0 Å². The standard InChI is InChI=1S/C10H12N8O2S2/c11-6-1-2-15-8(5(6)3-16-22(14,19)20)7-4-21-10(17-7)18-9(12)13/h1-4H,(H2,11,15)(H2,14,19,20)(H4,12,13,17,18). The Morgan fingerprint density at radius 1 is 1.36 bits per heavy atom. The van der Waals surface area contributed by atoms with Crippen molar-refractivity contribution in [1.82, 2.24) is 9.97 Å². The first-order chi connectivity index (χ1) is 10.3. The lowest BCUT2D eigenvalue weighted by molar-refractivity contribution is 0.600. The molecule has 116 valence electrons. The zero-order valence-electron chi connectivity index (χ0n) is 11.0. The number of aromatic nitrogens is 2. The third-order valence-corrected chi connectivity index (χ3v) is 3.45. The molecule has 0 bridgehead atoms. The Kier molecular flexibility index (Phi) is 4.35. The van der Waals surface area contributed by atoms with Crippen molar-refractivity contribution in [2.75, 3.05) is 5.73 Å². The molecule has 0 aliphatic rings. The van der Waals surface area contributed by atoms with Gasteiger partial charge in [-0.25, -0.2) is 10.1 Å². The maximum atomic E-state index is 10.9. The number of aliphatic imine (C=N–C) groups is 1. The number of thiazole rings is 1. The van der Waals surface area contributed by atoms with Crippen molar-refractivity contribution >= 4 is 44.5 Å². The van der Waals surface area contributed by atoms with Crippen LogP contribution in [0.25, 0.3) is 11.4 Å². The Morgan fingerprint density at radius 2 is 2.09 bits per heavy atom. The molecule has 12 heteroatoms. The van der Waals surface area contributed by atoms with Crippen molar-refractivity contribution in [2.45, 2.75) is 0 Å². The van der Waals surface area contributed by atoms with Crippen molar-refractivity contribution in [1.29, 1.82) is 0 Å². The summed E-state index contributed by atoms with van der Waals surface area (Å²) in [5.74, 6) is -0.127. The molecule has 22 heavy (non-hydrogen) atoms. The van der Waals surface area contributed by atoms with Crippen LogP contribution in [0.5, 0.6) is 0 Å². The minimum atomic E-state index is -4.04. The number of rotatable bonds is 4. The predicted octanol–water partition coefficient (Wildman–Crippen LogP) is -0.685. The summed E-state index contributed by atoms with van der Waals surface area (Å²) in [5, 5.41) is 6.81. The van der Waals surface area contributed by atoms with Gasteiger partial charge < -0.3 is 17.2 Å². The quantitative estimate of drug-likeness (QED) is 0.418. The van der Waals surface area contributed by atoms with Crippen LogP contribution in [0, 0.1) is 0 Å². The van der Waals surface area contributed by atoms with Gasteiger partial charge in [0.1, 0.15) is 11.4 Å². The molecule has 2 rings (SSSR count). The average Bonchev–Trinajstić information content (AvgIpc) is 2.83. The van der Waals surface area contributed by atoms with Gasteiger partial charge in [0.25, 0.3) is 0 Å². The highest BCUT2D eigenvalue weighted by atomic mass is 32.2. The van der Waals surface area contributed by atoms with Crippen LogP contribution >= 0.6 is 11.3 Å². The summed E-state index contributed by atoms with van der Waals surface area (Å²) in [7, 11) is -4.04. The van der Waals surface area contributed by atoms with Gasteiger partial charge in [-0.1, -0.05) is 0 Å². The third kappa shape index (κ3) is 3.97. The second kappa shape index (κ2) is 6.05. The largest absolute Gasteiger partial charge is 0.398 e. The van der Waals surface area contributed by atoms with Gasteiger partial charge in [0.2, 0.25) is 5.13 Å². The molecular formula is C10H12N8O2S2. The molecule has 0 fully saturated rings. The first-order valence-corrected chi connectivity index (χ1v) is 8.02. The van der Waals surface area contributed by atoms with Crippen LogP contribution in [-0.4, -0.2) is 30.6 Å². The summed E-state index contributed by atoms with van der Waals surface area (Å²) in [6.07, 6.45) is 2.48. The van der Waals surface area contributed by atoms with Crippen LogP contribution in [-0.2, 0) is 10.2 Å². The van der Waals surface area contributed by atoms with E-state index in [1.807, 2.05) is 0 Å². The van der Waals surface area contributed by atoms with Crippen LogP contribution in [0.15, 0.2) is 27.0 Å². The molecule has 8 N–H and O–H groups in total. The molecule has 2 aromatic rings. The van der Waals surface area contributed by atoms with Gasteiger partial charge in [0, 0.05) is 22.8 Å². The molecular weight excluding hydrogens is 328 g/mol. The maximum Gasteiger partial charge on any atom is 0.317 e. The molecule has 0 spiro atoms. The van der Waals surface area contributed by atoms with E-state index in [4.69, 9.17) is 22.3 Å². The van der Waals surface area contributed by atoms with Crippen molar-refractivity contribution in [3.05, 3.63) is 23.2 Å². The highest BCUT2D eigenvalue weighted by molar-refractivity contribution is 7.87. The number of nitrogens with zero attached hydrogens (tertiary/aromatic N) is 4. The Balaban J connectivity index is 2.52. The fraction of sp³-hybridized carbons (Fsp3) is 0. The Labute approximate surface area is 129 Å².